The highest BCUT2D eigenvalue weighted by Gasteiger charge is 2.28. The van der Waals surface area contributed by atoms with Crippen LogP contribution >= 0.6 is 0 Å². The smallest absolute Gasteiger partial charge is 0.228 e. The quantitative estimate of drug-likeness (QED) is 0.874. The zero-order chi connectivity index (χ0) is 15.7. The van der Waals surface area contributed by atoms with E-state index in [9.17, 15) is 4.79 Å². The zero-order valence-electron chi connectivity index (χ0n) is 13.2. The second-order valence-electron chi connectivity index (χ2n) is 5.97. The molecule has 0 N–H and O–H groups in total. The Balaban J connectivity index is 2.03. The van der Waals surface area contributed by atoms with Crippen LogP contribution in [0.25, 0.3) is 0 Å². The standard InChI is InChI=1S/C17H20N4O/c1-11(2)16-19-12(3)14-6-7-15(22)21(17(14)20-16)10-13-5-4-8-18-9-13/h4-5,8-9,11H,6-7,10H2,1-3H3. The number of pyridine rings is 1. The molecule has 114 valence electrons. The molecule has 0 fully saturated rings. The third kappa shape index (κ3) is 2.71. The molecule has 1 aliphatic heterocycles. The van der Waals surface area contributed by atoms with Crippen LogP contribution in [0.1, 0.15) is 48.8 Å². The summed E-state index contributed by atoms with van der Waals surface area (Å²) in [7, 11) is 0. The van der Waals surface area contributed by atoms with Gasteiger partial charge in [0.15, 0.2) is 0 Å². The van der Waals surface area contributed by atoms with Crippen molar-refractivity contribution in [3.63, 3.8) is 0 Å². The maximum atomic E-state index is 12.4. The molecule has 5 heteroatoms. The predicted molar refractivity (Wildman–Crippen MR) is 84.6 cm³/mol. The van der Waals surface area contributed by atoms with E-state index in [4.69, 9.17) is 0 Å². The molecule has 0 saturated heterocycles. The molecule has 1 aliphatic rings. The van der Waals surface area contributed by atoms with Gasteiger partial charge in [-0.2, -0.15) is 0 Å². The van der Waals surface area contributed by atoms with Crippen molar-refractivity contribution in [2.24, 2.45) is 0 Å². The molecule has 22 heavy (non-hydrogen) atoms. The van der Waals surface area contributed by atoms with Gasteiger partial charge in [0.05, 0.1) is 6.54 Å². The Labute approximate surface area is 130 Å². The van der Waals surface area contributed by atoms with Gasteiger partial charge in [0.25, 0.3) is 0 Å². The Bertz CT molecular complexity index is 697. The number of aromatic nitrogens is 3. The fraction of sp³-hybridized carbons (Fsp3) is 0.412. The minimum Gasteiger partial charge on any atom is -0.292 e. The number of hydrogen-bond donors (Lipinski definition) is 0. The lowest BCUT2D eigenvalue weighted by molar-refractivity contribution is -0.119. The molecule has 5 nitrogen and oxygen atoms in total. The summed E-state index contributed by atoms with van der Waals surface area (Å²) in [6, 6.07) is 3.86. The van der Waals surface area contributed by atoms with Crippen LogP contribution in [0.4, 0.5) is 5.82 Å². The number of anilines is 1. The van der Waals surface area contributed by atoms with Crippen LogP contribution in [-0.2, 0) is 17.8 Å². The Kier molecular flexibility index (Phi) is 3.88. The van der Waals surface area contributed by atoms with Crippen molar-refractivity contribution in [1.29, 1.82) is 0 Å². The fourth-order valence-corrected chi connectivity index (χ4v) is 2.70. The van der Waals surface area contributed by atoms with Gasteiger partial charge in [-0.05, 0) is 25.0 Å². The topological polar surface area (TPSA) is 59.0 Å². The van der Waals surface area contributed by atoms with Crippen LogP contribution in [0.3, 0.4) is 0 Å². The summed E-state index contributed by atoms with van der Waals surface area (Å²) in [5.74, 6) is 1.92. The van der Waals surface area contributed by atoms with E-state index < -0.39 is 0 Å². The maximum absolute atomic E-state index is 12.4. The van der Waals surface area contributed by atoms with Crippen LogP contribution in [0.15, 0.2) is 24.5 Å². The second-order valence-corrected chi connectivity index (χ2v) is 5.97. The Hall–Kier alpha value is -2.30. The molecule has 0 unspecified atom stereocenters. The maximum Gasteiger partial charge on any atom is 0.228 e. The summed E-state index contributed by atoms with van der Waals surface area (Å²) in [6.07, 6.45) is 4.76. The van der Waals surface area contributed by atoms with Crippen molar-refractivity contribution >= 4 is 11.7 Å². The van der Waals surface area contributed by atoms with Crippen LogP contribution in [0, 0.1) is 6.92 Å². The highest BCUT2D eigenvalue weighted by atomic mass is 16.2. The summed E-state index contributed by atoms with van der Waals surface area (Å²) in [5.41, 5.74) is 3.08. The molecule has 0 bridgehead atoms. The van der Waals surface area contributed by atoms with Crippen LogP contribution in [0.5, 0.6) is 0 Å². The molecule has 0 radical (unpaired) electrons. The molecule has 0 saturated carbocycles. The van der Waals surface area contributed by atoms with E-state index in [2.05, 4.69) is 28.8 Å². The first-order chi connectivity index (χ1) is 10.6. The van der Waals surface area contributed by atoms with Gasteiger partial charge >= 0.3 is 0 Å². The fourth-order valence-electron chi connectivity index (χ4n) is 2.70. The highest BCUT2D eigenvalue weighted by molar-refractivity contribution is 5.95. The average Bonchev–Trinajstić information content (AvgIpc) is 2.51. The number of carbonyl (C=O) groups excluding carboxylic acids is 1. The Morgan fingerprint density at radius 2 is 2.09 bits per heavy atom. The molecule has 0 atom stereocenters. The summed E-state index contributed by atoms with van der Waals surface area (Å²) < 4.78 is 0. The van der Waals surface area contributed by atoms with Gasteiger partial charge in [-0.15, -0.1) is 0 Å². The normalized spacial score (nSPS) is 14.4. The molecule has 0 aliphatic carbocycles. The first kappa shape index (κ1) is 14.6. The third-order valence-corrected chi connectivity index (χ3v) is 3.93. The number of rotatable bonds is 3. The van der Waals surface area contributed by atoms with E-state index in [0.717, 1.165) is 34.9 Å². The molecule has 3 rings (SSSR count). The molecule has 1 amide bonds. The van der Waals surface area contributed by atoms with Gasteiger partial charge in [-0.3, -0.25) is 14.7 Å². The average molecular weight is 296 g/mol. The number of nitrogens with zero attached hydrogens (tertiary/aromatic N) is 4. The molecule has 2 aromatic rings. The van der Waals surface area contributed by atoms with Gasteiger partial charge in [0.1, 0.15) is 11.6 Å². The van der Waals surface area contributed by atoms with Crippen LogP contribution < -0.4 is 4.90 Å². The van der Waals surface area contributed by atoms with Crippen molar-refractivity contribution < 1.29 is 4.79 Å². The lowest BCUT2D eigenvalue weighted by atomic mass is 10.0. The molecule has 2 aromatic heterocycles. The van der Waals surface area contributed by atoms with E-state index >= 15 is 0 Å². The summed E-state index contributed by atoms with van der Waals surface area (Å²) in [5, 5.41) is 0. The lowest BCUT2D eigenvalue weighted by Crippen LogP contribution is -2.36. The number of aryl methyl sites for hydroxylation is 1. The van der Waals surface area contributed by atoms with E-state index in [1.54, 1.807) is 17.3 Å². The number of hydrogen-bond acceptors (Lipinski definition) is 4. The summed E-state index contributed by atoms with van der Waals surface area (Å²) >= 11 is 0. The van der Waals surface area contributed by atoms with Gasteiger partial charge < -0.3 is 0 Å². The van der Waals surface area contributed by atoms with Crippen molar-refractivity contribution in [2.45, 2.75) is 46.1 Å². The van der Waals surface area contributed by atoms with E-state index in [-0.39, 0.29) is 11.8 Å². The summed E-state index contributed by atoms with van der Waals surface area (Å²) in [6.45, 7) is 6.65. The first-order valence-electron chi connectivity index (χ1n) is 7.63. The molecule has 0 spiro atoms. The largest absolute Gasteiger partial charge is 0.292 e. The van der Waals surface area contributed by atoms with E-state index in [1.165, 1.54) is 0 Å². The minimum atomic E-state index is 0.115. The van der Waals surface area contributed by atoms with Crippen molar-refractivity contribution in [2.75, 3.05) is 4.90 Å². The minimum absolute atomic E-state index is 0.115. The van der Waals surface area contributed by atoms with Gasteiger partial charge in [0.2, 0.25) is 5.91 Å². The van der Waals surface area contributed by atoms with Gasteiger partial charge in [-0.25, -0.2) is 9.97 Å². The van der Waals surface area contributed by atoms with Crippen molar-refractivity contribution in [3.05, 3.63) is 47.2 Å². The molecular formula is C17H20N4O. The first-order valence-corrected chi connectivity index (χ1v) is 7.63. The number of fused-ring (bicyclic) bond motifs is 1. The lowest BCUT2D eigenvalue weighted by Gasteiger charge is -2.29. The van der Waals surface area contributed by atoms with Gasteiger partial charge in [-0.1, -0.05) is 19.9 Å². The monoisotopic (exact) mass is 296 g/mol. The zero-order valence-corrected chi connectivity index (χ0v) is 13.2. The third-order valence-electron chi connectivity index (χ3n) is 3.93. The van der Waals surface area contributed by atoms with Crippen molar-refractivity contribution in [1.82, 2.24) is 15.0 Å². The van der Waals surface area contributed by atoms with Crippen LogP contribution in [0.2, 0.25) is 0 Å². The molecule has 3 heterocycles. The SMILES string of the molecule is Cc1nc(C(C)C)nc2c1CCC(=O)N2Cc1cccnc1. The van der Waals surface area contributed by atoms with Crippen molar-refractivity contribution in [3.8, 4) is 0 Å². The Morgan fingerprint density at radius 1 is 1.27 bits per heavy atom. The molecular weight excluding hydrogens is 276 g/mol. The Morgan fingerprint density at radius 3 is 2.77 bits per heavy atom. The molecule has 0 aromatic carbocycles. The number of carbonyl (C=O) groups is 1. The van der Waals surface area contributed by atoms with Crippen LogP contribution in [-0.4, -0.2) is 20.9 Å². The summed E-state index contributed by atoms with van der Waals surface area (Å²) in [4.78, 5) is 27.6. The second kappa shape index (κ2) is 5.83. The highest BCUT2D eigenvalue weighted by Crippen LogP contribution is 2.30. The van der Waals surface area contributed by atoms with E-state index in [1.807, 2.05) is 19.1 Å². The number of amides is 1. The van der Waals surface area contributed by atoms with Gasteiger partial charge in [0, 0.05) is 36.0 Å². The predicted octanol–water partition coefficient (Wildman–Crippen LogP) is 2.78. The van der Waals surface area contributed by atoms with E-state index in [0.29, 0.717) is 13.0 Å².